The molecule has 0 bridgehead atoms. The molecular formula is C17H24O2. The third kappa shape index (κ3) is 2.34. The van der Waals surface area contributed by atoms with Gasteiger partial charge in [-0.1, -0.05) is 0 Å². The molecule has 19 heavy (non-hydrogen) atoms. The van der Waals surface area contributed by atoms with E-state index >= 15 is 0 Å². The van der Waals surface area contributed by atoms with E-state index in [9.17, 15) is 4.79 Å². The van der Waals surface area contributed by atoms with Crippen LogP contribution >= 0.6 is 0 Å². The summed E-state index contributed by atoms with van der Waals surface area (Å²) in [5.74, 6) is 0.172. The van der Waals surface area contributed by atoms with Crippen molar-refractivity contribution in [1.82, 2.24) is 0 Å². The largest absolute Gasteiger partial charge is 0.367 e. The molecule has 1 fully saturated rings. The van der Waals surface area contributed by atoms with Gasteiger partial charge in [0.1, 0.15) is 6.10 Å². The van der Waals surface area contributed by atoms with E-state index in [1.165, 1.54) is 16.7 Å². The Labute approximate surface area is 116 Å². The predicted molar refractivity (Wildman–Crippen MR) is 78.0 cm³/mol. The van der Waals surface area contributed by atoms with E-state index in [0.717, 1.165) is 29.5 Å². The Hall–Kier alpha value is -1.15. The van der Waals surface area contributed by atoms with Gasteiger partial charge in [-0.3, -0.25) is 4.79 Å². The van der Waals surface area contributed by atoms with Crippen molar-refractivity contribution in [2.75, 3.05) is 0 Å². The molecule has 2 nitrogen and oxygen atoms in total. The third-order valence-electron chi connectivity index (χ3n) is 4.77. The number of hydrogen-bond acceptors (Lipinski definition) is 2. The van der Waals surface area contributed by atoms with E-state index in [2.05, 4.69) is 34.6 Å². The number of carbonyl (C=O) groups excluding carboxylic acids is 1. The second kappa shape index (κ2) is 5.09. The van der Waals surface area contributed by atoms with Crippen molar-refractivity contribution in [3.05, 3.63) is 33.4 Å². The zero-order valence-corrected chi connectivity index (χ0v) is 12.9. The van der Waals surface area contributed by atoms with Crippen LogP contribution in [0.5, 0.6) is 0 Å². The number of hydrogen-bond donors (Lipinski definition) is 0. The average molecular weight is 260 g/mol. The molecule has 0 radical (unpaired) electrons. The zero-order chi connectivity index (χ0) is 14.3. The monoisotopic (exact) mass is 260 g/mol. The van der Waals surface area contributed by atoms with Crippen molar-refractivity contribution in [2.24, 2.45) is 0 Å². The van der Waals surface area contributed by atoms with Gasteiger partial charge in [-0.25, -0.2) is 0 Å². The fourth-order valence-corrected chi connectivity index (χ4v) is 3.03. The van der Waals surface area contributed by atoms with Crippen LogP contribution in [0.2, 0.25) is 0 Å². The molecule has 0 saturated carbocycles. The highest BCUT2D eigenvalue weighted by Crippen LogP contribution is 2.30. The lowest BCUT2D eigenvalue weighted by molar-refractivity contribution is 0.0432. The SMILES string of the molecule is Cc1c(C)c(C)c(C(=O)C2CCC(C)O2)c(C)c1C. The van der Waals surface area contributed by atoms with Gasteiger partial charge in [0.25, 0.3) is 0 Å². The number of benzene rings is 1. The lowest BCUT2D eigenvalue weighted by atomic mass is 9.86. The van der Waals surface area contributed by atoms with Crippen LogP contribution in [0.1, 0.15) is 57.9 Å². The Kier molecular flexibility index (Phi) is 3.82. The Balaban J connectivity index is 2.48. The van der Waals surface area contributed by atoms with Crippen molar-refractivity contribution in [3.8, 4) is 0 Å². The molecule has 0 spiro atoms. The van der Waals surface area contributed by atoms with Gasteiger partial charge < -0.3 is 4.74 Å². The van der Waals surface area contributed by atoms with Gasteiger partial charge in [0, 0.05) is 5.56 Å². The molecular weight excluding hydrogens is 236 g/mol. The molecule has 2 unspecified atom stereocenters. The topological polar surface area (TPSA) is 26.3 Å². The molecule has 2 rings (SSSR count). The van der Waals surface area contributed by atoms with Gasteiger partial charge >= 0.3 is 0 Å². The van der Waals surface area contributed by atoms with Gasteiger partial charge in [-0.2, -0.15) is 0 Å². The van der Waals surface area contributed by atoms with Crippen molar-refractivity contribution < 1.29 is 9.53 Å². The predicted octanol–water partition coefficient (Wildman–Crippen LogP) is 3.98. The van der Waals surface area contributed by atoms with Gasteiger partial charge in [0.05, 0.1) is 6.10 Å². The average Bonchev–Trinajstić information content (AvgIpc) is 2.81. The number of rotatable bonds is 2. The van der Waals surface area contributed by atoms with Crippen molar-refractivity contribution in [1.29, 1.82) is 0 Å². The fraction of sp³-hybridized carbons (Fsp3) is 0.588. The van der Waals surface area contributed by atoms with Crippen LogP contribution in [0.25, 0.3) is 0 Å². The van der Waals surface area contributed by atoms with Gasteiger partial charge in [-0.05, 0) is 82.2 Å². The first-order valence-electron chi connectivity index (χ1n) is 7.11. The van der Waals surface area contributed by atoms with Crippen LogP contribution < -0.4 is 0 Å². The first kappa shape index (κ1) is 14.3. The van der Waals surface area contributed by atoms with E-state index in [0.29, 0.717) is 0 Å². The van der Waals surface area contributed by atoms with Crippen LogP contribution in [-0.2, 0) is 4.74 Å². The summed E-state index contributed by atoms with van der Waals surface area (Å²) in [6.45, 7) is 12.5. The first-order chi connectivity index (χ1) is 8.84. The third-order valence-corrected chi connectivity index (χ3v) is 4.77. The van der Waals surface area contributed by atoms with E-state index < -0.39 is 0 Å². The quantitative estimate of drug-likeness (QED) is 0.752. The minimum Gasteiger partial charge on any atom is -0.367 e. The zero-order valence-electron chi connectivity index (χ0n) is 12.9. The maximum Gasteiger partial charge on any atom is 0.192 e. The van der Waals surface area contributed by atoms with Crippen LogP contribution in [0.15, 0.2) is 0 Å². The minimum absolute atomic E-state index is 0.172. The highest BCUT2D eigenvalue weighted by atomic mass is 16.5. The normalized spacial score (nSPS) is 22.8. The van der Waals surface area contributed by atoms with Crippen molar-refractivity contribution >= 4 is 5.78 Å². The highest BCUT2D eigenvalue weighted by molar-refractivity contribution is 6.02. The summed E-state index contributed by atoms with van der Waals surface area (Å²) >= 11 is 0. The summed E-state index contributed by atoms with van der Waals surface area (Å²) in [7, 11) is 0. The Morgan fingerprint density at radius 1 is 0.895 bits per heavy atom. The number of ketones is 1. The van der Waals surface area contributed by atoms with E-state index in [1.807, 2.05) is 6.92 Å². The molecule has 0 amide bonds. The lowest BCUT2D eigenvalue weighted by Crippen LogP contribution is -2.23. The molecule has 1 aliphatic rings. The molecule has 0 aliphatic carbocycles. The molecule has 1 aromatic rings. The second-order valence-electron chi connectivity index (χ2n) is 5.88. The summed E-state index contributed by atoms with van der Waals surface area (Å²) in [5, 5.41) is 0. The minimum atomic E-state index is -0.242. The van der Waals surface area contributed by atoms with Crippen LogP contribution in [0, 0.1) is 34.6 Å². The maximum absolute atomic E-state index is 12.7. The Morgan fingerprint density at radius 2 is 1.37 bits per heavy atom. The van der Waals surface area contributed by atoms with Gasteiger partial charge in [0.15, 0.2) is 5.78 Å². The molecule has 0 N–H and O–H groups in total. The Morgan fingerprint density at radius 3 is 1.79 bits per heavy atom. The summed E-state index contributed by atoms with van der Waals surface area (Å²) in [6.07, 6.45) is 1.81. The maximum atomic E-state index is 12.7. The highest BCUT2D eigenvalue weighted by Gasteiger charge is 2.31. The summed E-state index contributed by atoms with van der Waals surface area (Å²) in [6, 6.07) is 0. The second-order valence-corrected chi connectivity index (χ2v) is 5.88. The van der Waals surface area contributed by atoms with Crippen molar-refractivity contribution in [3.63, 3.8) is 0 Å². The number of carbonyl (C=O) groups is 1. The molecule has 104 valence electrons. The molecule has 1 saturated heterocycles. The van der Waals surface area contributed by atoms with Crippen LogP contribution in [-0.4, -0.2) is 18.0 Å². The van der Waals surface area contributed by atoms with E-state index in [1.54, 1.807) is 0 Å². The number of ether oxygens (including phenoxy) is 1. The molecule has 2 atom stereocenters. The van der Waals surface area contributed by atoms with E-state index in [-0.39, 0.29) is 18.0 Å². The van der Waals surface area contributed by atoms with Crippen LogP contribution in [0.4, 0.5) is 0 Å². The number of Topliss-reactive ketones (excluding diaryl/α,β-unsaturated/α-hetero) is 1. The summed E-state index contributed by atoms with van der Waals surface area (Å²) in [4.78, 5) is 12.7. The van der Waals surface area contributed by atoms with Crippen molar-refractivity contribution in [2.45, 2.75) is 66.6 Å². The van der Waals surface area contributed by atoms with Gasteiger partial charge in [-0.15, -0.1) is 0 Å². The smallest absolute Gasteiger partial charge is 0.192 e. The van der Waals surface area contributed by atoms with E-state index in [4.69, 9.17) is 4.74 Å². The fourth-order valence-electron chi connectivity index (χ4n) is 3.03. The molecule has 1 aliphatic heterocycles. The first-order valence-corrected chi connectivity index (χ1v) is 7.11. The van der Waals surface area contributed by atoms with Crippen LogP contribution in [0.3, 0.4) is 0 Å². The van der Waals surface area contributed by atoms with Gasteiger partial charge in [0.2, 0.25) is 0 Å². The summed E-state index contributed by atoms with van der Waals surface area (Å²) < 4.78 is 5.75. The standard InChI is InChI=1S/C17H24O2/c1-9-7-8-15(19-9)17(18)16-13(5)11(3)10(2)12(4)14(16)6/h9,15H,7-8H2,1-6H3. The Bertz CT molecular complexity index is 500. The molecule has 1 heterocycles. The molecule has 0 aromatic heterocycles. The molecule has 2 heteroatoms. The summed E-state index contributed by atoms with van der Waals surface area (Å²) in [5.41, 5.74) is 6.89. The molecule has 1 aromatic carbocycles. The lowest BCUT2D eigenvalue weighted by Gasteiger charge is -2.20.